The van der Waals surface area contributed by atoms with Gasteiger partial charge in [-0.3, -0.25) is 4.90 Å². The van der Waals surface area contributed by atoms with Crippen LogP contribution < -0.4 is 5.73 Å². The van der Waals surface area contributed by atoms with E-state index in [4.69, 9.17) is 5.73 Å². The molecule has 1 unspecified atom stereocenters. The predicted octanol–water partition coefficient (Wildman–Crippen LogP) is -0.157. The van der Waals surface area contributed by atoms with Crippen LogP contribution >= 0.6 is 0 Å². The second kappa shape index (κ2) is 3.79. The minimum atomic E-state index is -2.79. The molecule has 0 aromatic carbocycles. The van der Waals surface area contributed by atoms with Gasteiger partial charge in [0.1, 0.15) is 0 Å². The normalized spacial score (nSPS) is 27.1. The lowest BCUT2D eigenvalue weighted by Crippen LogP contribution is -2.52. The number of sulfone groups is 1. The summed E-state index contributed by atoms with van der Waals surface area (Å²) in [6, 6.07) is 0.138. The van der Waals surface area contributed by atoms with Crippen molar-refractivity contribution in [3.8, 4) is 0 Å². The maximum Gasteiger partial charge on any atom is 0.151 e. The van der Waals surface area contributed by atoms with Gasteiger partial charge in [-0.2, -0.15) is 0 Å². The average molecular weight is 220 g/mol. The number of nitrogens with two attached hydrogens (primary N) is 1. The van der Waals surface area contributed by atoms with E-state index in [1.54, 1.807) is 0 Å². The molecule has 2 N–H and O–H groups in total. The summed E-state index contributed by atoms with van der Waals surface area (Å²) in [7, 11) is -0.835. The molecule has 0 aromatic rings. The zero-order valence-corrected chi connectivity index (χ0v) is 9.97. The molecule has 1 fully saturated rings. The number of nitrogens with zero attached hydrogens (tertiary/aromatic N) is 1. The SMILES string of the molecule is CN(C1CCS(=O)(=O)C1)C(C)(C)CN. The first-order valence-corrected chi connectivity index (χ1v) is 6.74. The Morgan fingerprint density at radius 1 is 1.50 bits per heavy atom. The Bertz CT molecular complexity index is 298. The van der Waals surface area contributed by atoms with E-state index in [1.807, 2.05) is 20.9 Å². The first-order valence-electron chi connectivity index (χ1n) is 4.92. The fourth-order valence-electron chi connectivity index (χ4n) is 1.72. The van der Waals surface area contributed by atoms with Gasteiger partial charge in [0.25, 0.3) is 0 Å². The fourth-order valence-corrected chi connectivity index (χ4v) is 3.49. The second-order valence-electron chi connectivity index (χ2n) is 4.68. The average Bonchev–Trinajstić information content (AvgIpc) is 2.44. The van der Waals surface area contributed by atoms with E-state index >= 15 is 0 Å². The molecule has 0 saturated carbocycles. The van der Waals surface area contributed by atoms with Crippen molar-refractivity contribution >= 4 is 9.84 Å². The molecule has 0 aromatic heterocycles. The number of hydrogen-bond donors (Lipinski definition) is 1. The highest BCUT2D eigenvalue weighted by Gasteiger charge is 2.35. The van der Waals surface area contributed by atoms with Crippen LogP contribution in [0.15, 0.2) is 0 Å². The van der Waals surface area contributed by atoms with Gasteiger partial charge in [-0.05, 0) is 27.3 Å². The number of hydrogen-bond acceptors (Lipinski definition) is 4. The van der Waals surface area contributed by atoms with Crippen molar-refractivity contribution in [3.63, 3.8) is 0 Å². The Morgan fingerprint density at radius 3 is 2.43 bits per heavy atom. The summed E-state index contributed by atoms with van der Waals surface area (Å²) in [5.74, 6) is 0.607. The van der Waals surface area contributed by atoms with Crippen molar-refractivity contribution in [2.75, 3.05) is 25.1 Å². The molecule has 1 aliphatic heterocycles. The third-order valence-electron chi connectivity index (χ3n) is 3.21. The molecule has 84 valence electrons. The molecule has 1 atom stereocenters. The summed E-state index contributed by atoms with van der Waals surface area (Å²) in [5.41, 5.74) is 5.53. The van der Waals surface area contributed by atoms with Crippen molar-refractivity contribution in [2.45, 2.75) is 31.8 Å². The van der Waals surface area contributed by atoms with Crippen molar-refractivity contribution < 1.29 is 8.42 Å². The molecule has 1 heterocycles. The van der Waals surface area contributed by atoms with Crippen LogP contribution in [0.1, 0.15) is 20.3 Å². The van der Waals surface area contributed by atoms with Crippen molar-refractivity contribution in [3.05, 3.63) is 0 Å². The van der Waals surface area contributed by atoms with Gasteiger partial charge in [-0.15, -0.1) is 0 Å². The van der Waals surface area contributed by atoms with E-state index in [2.05, 4.69) is 4.90 Å². The van der Waals surface area contributed by atoms with Gasteiger partial charge in [0.05, 0.1) is 11.5 Å². The smallest absolute Gasteiger partial charge is 0.151 e. The summed E-state index contributed by atoms with van der Waals surface area (Å²) < 4.78 is 22.6. The molecule has 0 spiro atoms. The molecular formula is C9H20N2O2S. The zero-order valence-electron chi connectivity index (χ0n) is 9.16. The van der Waals surface area contributed by atoms with Crippen molar-refractivity contribution in [1.82, 2.24) is 4.90 Å². The minimum Gasteiger partial charge on any atom is -0.329 e. The predicted molar refractivity (Wildman–Crippen MR) is 58.0 cm³/mol. The van der Waals surface area contributed by atoms with E-state index in [9.17, 15) is 8.42 Å². The Hall–Kier alpha value is -0.130. The summed E-state index contributed by atoms with van der Waals surface area (Å²) >= 11 is 0. The van der Waals surface area contributed by atoms with Crippen LogP contribution in [0, 0.1) is 0 Å². The summed E-state index contributed by atoms with van der Waals surface area (Å²) in [4.78, 5) is 2.09. The standard InChI is InChI=1S/C9H20N2O2S/c1-9(2,7-10)11(3)8-4-5-14(12,13)6-8/h8H,4-7,10H2,1-3H3. The van der Waals surface area contributed by atoms with Crippen LogP contribution in [0.5, 0.6) is 0 Å². The van der Waals surface area contributed by atoms with Gasteiger partial charge in [-0.1, -0.05) is 0 Å². The Labute approximate surface area is 86.4 Å². The van der Waals surface area contributed by atoms with Gasteiger partial charge in [-0.25, -0.2) is 8.42 Å². The molecule has 14 heavy (non-hydrogen) atoms. The zero-order chi connectivity index (χ0) is 11.0. The number of rotatable bonds is 3. The maximum atomic E-state index is 11.3. The molecule has 0 amide bonds. The van der Waals surface area contributed by atoms with Crippen LogP contribution in [-0.2, 0) is 9.84 Å². The molecule has 0 bridgehead atoms. The van der Waals surface area contributed by atoms with Crippen molar-refractivity contribution in [1.29, 1.82) is 0 Å². The van der Waals surface area contributed by atoms with Gasteiger partial charge in [0.2, 0.25) is 0 Å². The maximum absolute atomic E-state index is 11.3. The van der Waals surface area contributed by atoms with Crippen LogP contribution in [-0.4, -0.2) is 50.0 Å². The quantitative estimate of drug-likeness (QED) is 0.718. The molecular weight excluding hydrogens is 200 g/mol. The second-order valence-corrected chi connectivity index (χ2v) is 6.91. The Morgan fingerprint density at radius 2 is 2.07 bits per heavy atom. The molecule has 1 saturated heterocycles. The summed E-state index contributed by atoms with van der Waals surface area (Å²) in [5, 5.41) is 0. The monoisotopic (exact) mass is 220 g/mol. The van der Waals surface area contributed by atoms with Crippen molar-refractivity contribution in [2.24, 2.45) is 5.73 Å². The summed E-state index contributed by atoms with van der Waals surface area (Å²) in [6.07, 6.45) is 0.738. The Balaban J connectivity index is 2.69. The molecule has 5 heteroatoms. The lowest BCUT2D eigenvalue weighted by molar-refractivity contribution is 0.120. The first-order chi connectivity index (χ1) is 6.28. The van der Waals surface area contributed by atoms with Gasteiger partial charge >= 0.3 is 0 Å². The fraction of sp³-hybridized carbons (Fsp3) is 1.00. The third kappa shape index (κ3) is 2.46. The van der Waals surface area contributed by atoms with Gasteiger partial charge in [0, 0.05) is 18.1 Å². The molecule has 1 rings (SSSR count). The van der Waals surface area contributed by atoms with Crippen LogP contribution in [0.3, 0.4) is 0 Å². The lowest BCUT2D eigenvalue weighted by Gasteiger charge is -2.38. The van der Waals surface area contributed by atoms with Gasteiger partial charge < -0.3 is 5.73 Å². The highest BCUT2D eigenvalue weighted by Crippen LogP contribution is 2.22. The van der Waals surface area contributed by atoms with E-state index < -0.39 is 9.84 Å². The highest BCUT2D eigenvalue weighted by molar-refractivity contribution is 7.91. The van der Waals surface area contributed by atoms with Crippen LogP contribution in [0.4, 0.5) is 0 Å². The van der Waals surface area contributed by atoms with E-state index in [-0.39, 0.29) is 17.3 Å². The molecule has 0 radical (unpaired) electrons. The topological polar surface area (TPSA) is 63.4 Å². The van der Waals surface area contributed by atoms with Gasteiger partial charge in [0.15, 0.2) is 9.84 Å². The van der Waals surface area contributed by atoms with E-state index in [0.717, 1.165) is 6.42 Å². The Kier molecular flexibility index (Phi) is 3.23. The number of likely N-dealkylation sites (N-methyl/N-ethyl adjacent to an activating group) is 1. The highest BCUT2D eigenvalue weighted by atomic mass is 32.2. The lowest BCUT2D eigenvalue weighted by atomic mass is 10.0. The minimum absolute atomic E-state index is 0.121. The molecule has 4 nitrogen and oxygen atoms in total. The summed E-state index contributed by atoms with van der Waals surface area (Å²) in [6.45, 7) is 4.62. The van der Waals surface area contributed by atoms with Crippen LogP contribution in [0.2, 0.25) is 0 Å². The van der Waals surface area contributed by atoms with E-state index in [0.29, 0.717) is 12.3 Å². The third-order valence-corrected chi connectivity index (χ3v) is 4.96. The largest absolute Gasteiger partial charge is 0.329 e. The van der Waals surface area contributed by atoms with E-state index in [1.165, 1.54) is 0 Å². The molecule has 0 aliphatic carbocycles. The molecule has 1 aliphatic rings. The first kappa shape index (κ1) is 11.9. The van der Waals surface area contributed by atoms with Crippen LogP contribution in [0.25, 0.3) is 0 Å².